The van der Waals surface area contributed by atoms with Crippen LogP contribution in [-0.4, -0.2) is 22.2 Å². The van der Waals surface area contributed by atoms with Crippen molar-refractivity contribution in [1.29, 1.82) is 0 Å². The zero-order valence-corrected chi connectivity index (χ0v) is 8.23. The first-order valence-corrected chi connectivity index (χ1v) is 4.51. The highest BCUT2D eigenvalue weighted by atomic mass is 19.1. The Balaban J connectivity index is 2.90. The van der Waals surface area contributed by atoms with Crippen LogP contribution in [0.3, 0.4) is 0 Å². The lowest BCUT2D eigenvalue weighted by Gasteiger charge is -2.17. The number of hydrogen-bond acceptors (Lipinski definition) is 3. The summed E-state index contributed by atoms with van der Waals surface area (Å²) in [4.78, 5) is 10.5. The molecule has 0 bridgehead atoms. The van der Waals surface area contributed by atoms with Crippen molar-refractivity contribution in [2.75, 3.05) is 0 Å². The van der Waals surface area contributed by atoms with Crippen LogP contribution in [0.2, 0.25) is 0 Å². The van der Waals surface area contributed by atoms with Gasteiger partial charge in [-0.15, -0.1) is 0 Å². The van der Waals surface area contributed by atoms with E-state index in [1.807, 2.05) is 0 Å². The van der Waals surface area contributed by atoms with E-state index in [2.05, 4.69) is 0 Å². The van der Waals surface area contributed by atoms with Gasteiger partial charge in [0, 0.05) is 5.56 Å². The van der Waals surface area contributed by atoms with Crippen molar-refractivity contribution in [3.63, 3.8) is 0 Å². The average Bonchev–Trinajstić information content (AvgIpc) is 2.19. The van der Waals surface area contributed by atoms with Crippen molar-refractivity contribution in [3.05, 3.63) is 35.4 Å². The fraction of sp³-hybridized carbons (Fsp3) is 0.300. The minimum Gasteiger partial charge on any atom is -0.390 e. The van der Waals surface area contributed by atoms with Crippen molar-refractivity contribution >= 4 is 5.91 Å². The van der Waals surface area contributed by atoms with Crippen LogP contribution in [0, 0.1) is 11.6 Å². The smallest absolute Gasteiger partial charge is 0.220 e. The Labute approximate surface area is 90.3 Å². The Morgan fingerprint density at radius 3 is 2.56 bits per heavy atom. The van der Waals surface area contributed by atoms with Gasteiger partial charge in [0.15, 0.2) is 0 Å². The summed E-state index contributed by atoms with van der Waals surface area (Å²) in [5.41, 5.74) is 4.39. The van der Waals surface area contributed by atoms with Gasteiger partial charge in [0.05, 0.1) is 12.5 Å². The average molecular weight is 231 g/mol. The van der Waals surface area contributed by atoms with Crippen LogP contribution >= 0.6 is 0 Å². The van der Waals surface area contributed by atoms with Crippen molar-refractivity contribution in [1.82, 2.24) is 0 Å². The quantitative estimate of drug-likeness (QED) is 0.693. The Kier molecular flexibility index (Phi) is 3.92. The van der Waals surface area contributed by atoms with Crippen LogP contribution in [0.25, 0.3) is 0 Å². The summed E-state index contributed by atoms with van der Waals surface area (Å²) in [6.07, 6.45) is -3.78. The van der Waals surface area contributed by atoms with Crippen LogP contribution < -0.4 is 5.73 Å². The van der Waals surface area contributed by atoms with E-state index in [1.165, 1.54) is 0 Å². The van der Waals surface area contributed by atoms with Gasteiger partial charge in [0.2, 0.25) is 5.91 Å². The maximum atomic E-state index is 13.2. The molecule has 4 nitrogen and oxygen atoms in total. The number of aliphatic hydroxyl groups excluding tert-OH is 2. The van der Waals surface area contributed by atoms with E-state index in [0.29, 0.717) is 0 Å². The molecule has 0 saturated carbocycles. The van der Waals surface area contributed by atoms with Crippen LogP contribution in [-0.2, 0) is 4.79 Å². The van der Waals surface area contributed by atoms with Gasteiger partial charge in [-0.25, -0.2) is 8.78 Å². The molecule has 0 saturated heterocycles. The number of aliphatic hydroxyl groups is 2. The van der Waals surface area contributed by atoms with Crippen molar-refractivity contribution in [2.45, 2.75) is 18.6 Å². The Bertz CT molecular complexity index is 398. The molecule has 1 aromatic rings. The van der Waals surface area contributed by atoms with Gasteiger partial charge in [-0.1, -0.05) is 0 Å². The molecule has 0 aliphatic heterocycles. The third kappa shape index (κ3) is 2.98. The van der Waals surface area contributed by atoms with Gasteiger partial charge >= 0.3 is 0 Å². The molecule has 6 heteroatoms. The zero-order valence-electron chi connectivity index (χ0n) is 8.23. The summed E-state index contributed by atoms with van der Waals surface area (Å²) in [5.74, 6) is -2.46. The van der Waals surface area contributed by atoms with Crippen LogP contribution in [0.5, 0.6) is 0 Å². The zero-order chi connectivity index (χ0) is 12.3. The maximum absolute atomic E-state index is 13.2. The summed E-state index contributed by atoms with van der Waals surface area (Å²) in [7, 11) is 0. The minimum absolute atomic E-state index is 0.409. The molecule has 0 spiro atoms. The molecule has 1 rings (SSSR count). The van der Waals surface area contributed by atoms with Crippen LogP contribution in [0.15, 0.2) is 18.2 Å². The third-order valence-electron chi connectivity index (χ3n) is 2.05. The molecule has 0 radical (unpaired) electrons. The molecule has 4 N–H and O–H groups in total. The summed E-state index contributed by atoms with van der Waals surface area (Å²) >= 11 is 0. The van der Waals surface area contributed by atoms with Crippen molar-refractivity contribution in [2.24, 2.45) is 5.73 Å². The molecule has 0 fully saturated rings. The largest absolute Gasteiger partial charge is 0.390 e. The number of halogens is 2. The molecule has 0 aromatic heterocycles. The Morgan fingerprint density at radius 2 is 2.00 bits per heavy atom. The number of nitrogens with two attached hydrogens (primary N) is 1. The fourth-order valence-electron chi connectivity index (χ4n) is 1.27. The molecular formula is C10H11F2NO3. The first-order chi connectivity index (χ1) is 7.41. The van der Waals surface area contributed by atoms with Crippen LogP contribution in [0.1, 0.15) is 18.1 Å². The van der Waals surface area contributed by atoms with Gasteiger partial charge in [-0.3, -0.25) is 4.79 Å². The number of carbonyl (C=O) groups is 1. The normalized spacial score (nSPS) is 14.5. The van der Waals surface area contributed by atoms with Crippen LogP contribution in [0.4, 0.5) is 8.78 Å². The molecular weight excluding hydrogens is 220 g/mol. The Morgan fingerprint density at radius 1 is 1.38 bits per heavy atom. The van der Waals surface area contributed by atoms with Gasteiger partial charge in [-0.2, -0.15) is 0 Å². The van der Waals surface area contributed by atoms with E-state index in [9.17, 15) is 23.8 Å². The van der Waals surface area contributed by atoms with E-state index in [1.54, 1.807) is 0 Å². The highest BCUT2D eigenvalue weighted by Gasteiger charge is 2.23. The van der Waals surface area contributed by atoms with Gasteiger partial charge in [0.1, 0.15) is 17.7 Å². The highest BCUT2D eigenvalue weighted by molar-refractivity contribution is 5.74. The molecule has 2 unspecified atom stereocenters. The molecule has 1 amide bonds. The maximum Gasteiger partial charge on any atom is 0.220 e. The number of primary amides is 1. The fourth-order valence-corrected chi connectivity index (χ4v) is 1.27. The first kappa shape index (κ1) is 12.5. The topological polar surface area (TPSA) is 83.6 Å². The van der Waals surface area contributed by atoms with E-state index >= 15 is 0 Å². The lowest BCUT2D eigenvalue weighted by molar-refractivity contribution is -0.121. The van der Waals surface area contributed by atoms with E-state index in [4.69, 9.17) is 5.73 Å². The molecule has 0 heterocycles. The second-order valence-electron chi connectivity index (χ2n) is 3.35. The number of amides is 1. The Hall–Kier alpha value is -1.53. The molecule has 2 atom stereocenters. The predicted molar refractivity (Wildman–Crippen MR) is 51.1 cm³/mol. The van der Waals surface area contributed by atoms with Crippen molar-refractivity contribution in [3.8, 4) is 0 Å². The number of rotatable bonds is 4. The monoisotopic (exact) mass is 231 g/mol. The molecule has 1 aromatic carbocycles. The predicted octanol–water partition coefficient (Wildman–Crippen LogP) is 0.234. The highest BCUT2D eigenvalue weighted by Crippen LogP contribution is 2.22. The van der Waals surface area contributed by atoms with E-state index in [-0.39, 0.29) is 0 Å². The molecule has 88 valence electrons. The number of carbonyl (C=O) groups excluding carboxylic acids is 1. The van der Waals surface area contributed by atoms with E-state index in [0.717, 1.165) is 18.2 Å². The minimum atomic E-state index is -1.69. The van der Waals surface area contributed by atoms with Gasteiger partial charge in [0.25, 0.3) is 0 Å². The number of benzene rings is 1. The van der Waals surface area contributed by atoms with E-state index < -0.39 is 41.7 Å². The standard InChI is InChI=1S/C10H11F2NO3/c11-5-1-2-7(12)6(3-5)10(16)8(14)4-9(13)15/h1-3,8,10,14,16H,4H2,(H2,13,15). The van der Waals surface area contributed by atoms with Crippen molar-refractivity contribution < 1.29 is 23.8 Å². The third-order valence-corrected chi connectivity index (χ3v) is 2.05. The molecule has 0 aliphatic rings. The summed E-state index contributed by atoms with van der Waals surface area (Å²) in [5, 5.41) is 18.8. The summed E-state index contributed by atoms with van der Waals surface area (Å²) < 4.78 is 25.9. The van der Waals surface area contributed by atoms with Gasteiger partial charge < -0.3 is 15.9 Å². The molecule has 0 aliphatic carbocycles. The summed E-state index contributed by atoms with van der Waals surface area (Å²) in [6, 6.07) is 2.46. The lowest BCUT2D eigenvalue weighted by Crippen LogP contribution is -2.26. The second-order valence-corrected chi connectivity index (χ2v) is 3.35. The summed E-state index contributed by atoms with van der Waals surface area (Å²) in [6.45, 7) is 0. The second kappa shape index (κ2) is 5.00. The van der Waals surface area contributed by atoms with Gasteiger partial charge in [-0.05, 0) is 18.2 Å². The first-order valence-electron chi connectivity index (χ1n) is 4.51. The SMILES string of the molecule is NC(=O)CC(O)C(O)c1cc(F)ccc1F. The molecule has 16 heavy (non-hydrogen) atoms. The number of hydrogen-bond donors (Lipinski definition) is 3. The lowest BCUT2D eigenvalue weighted by atomic mass is 10.0.